The fraction of sp³-hybridized carbons (Fsp3) is 1.00. The van der Waals surface area contributed by atoms with Crippen molar-refractivity contribution in [2.24, 2.45) is 11.8 Å². The predicted octanol–water partition coefficient (Wildman–Crippen LogP) is 1.34. The van der Waals surface area contributed by atoms with Crippen LogP contribution in [0.25, 0.3) is 0 Å². The number of rotatable bonds is 1. The summed E-state index contributed by atoms with van der Waals surface area (Å²) in [5, 5.41) is 3.55. The fourth-order valence-electron chi connectivity index (χ4n) is 3.05. The maximum Gasteiger partial charge on any atom is 0.0703 e. The lowest BCUT2D eigenvalue weighted by Crippen LogP contribution is -2.49. The molecule has 94 valence electrons. The van der Waals surface area contributed by atoms with Gasteiger partial charge in [0.15, 0.2) is 0 Å². The maximum atomic E-state index is 5.70. The third kappa shape index (κ3) is 2.96. The molecule has 2 saturated heterocycles. The van der Waals surface area contributed by atoms with E-state index in [9.17, 15) is 0 Å². The summed E-state index contributed by atoms with van der Waals surface area (Å²) in [6.45, 7) is 12.6. The summed E-state index contributed by atoms with van der Waals surface area (Å²) >= 11 is 0. The van der Waals surface area contributed by atoms with Gasteiger partial charge in [-0.2, -0.15) is 0 Å². The lowest BCUT2D eigenvalue weighted by atomic mass is 10.0. The Hall–Kier alpha value is -0.120. The summed E-state index contributed by atoms with van der Waals surface area (Å²) in [4.78, 5) is 2.67. The first-order valence-electron chi connectivity index (χ1n) is 6.73. The summed E-state index contributed by atoms with van der Waals surface area (Å²) in [6, 6.07) is 0.656. The highest BCUT2D eigenvalue weighted by atomic mass is 16.5. The zero-order chi connectivity index (χ0) is 11.5. The summed E-state index contributed by atoms with van der Waals surface area (Å²) in [7, 11) is 0. The molecule has 0 spiro atoms. The molecular weight excluding hydrogens is 200 g/mol. The van der Waals surface area contributed by atoms with Gasteiger partial charge < -0.3 is 10.1 Å². The molecule has 3 heteroatoms. The van der Waals surface area contributed by atoms with Gasteiger partial charge in [-0.15, -0.1) is 0 Å². The van der Waals surface area contributed by atoms with Crippen LogP contribution in [0.15, 0.2) is 0 Å². The molecule has 16 heavy (non-hydrogen) atoms. The normalized spacial score (nSPS) is 42.9. The van der Waals surface area contributed by atoms with Crippen molar-refractivity contribution in [2.45, 2.75) is 39.3 Å². The molecule has 0 bridgehead atoms. The van der Waals surface area contributed by atoms with Gasteiger partial charge in [-0.3, -0.25) is 4.90 Å². The van der Waals surface area contributed by atoms with Crippen molar-refractivity contribution in [1.82, 2.24) is 10.2 Å². The molecule has 2 fully saturated rings. The molecule has 4 atom stereocenters. The van der Waals surface area contributed by atoms with Crippen molar-refractivity contribution in [3.8, 4) is 0 Å². The molecule has 1 N–H and O–H groups in total. The first-order valence-corrected chi connectivity index (χ1v) is 6.73. The fourth-order valence-corrected chi connectivity index (χ4v) is 3.05. The van der Waals surface area contributed by atoms with Gasteiger partial charge in [0.2, 0.25) is 0 Å². The van der Waals surface area contributed by atoms with E-state index >= 15 is 0 Å². The van der Waals surface area contributed by atoms with Gasteiger partial charge in [0, 0.05) is 25.7 Å². The SMILES string of the molecule is CC1CNCC(C)CN(C2CCOC2C)C1. The van der Waals surface area contributed by atoms with Gasteiger partial charge in [-0.05, 0) is 38.3 Å². The van der Waals surface area contributed by atoms with E-state index in [2.05, 4.69) is 31.0 Å². The number of hydrogen-bond donors (Lipinski definition) is 1. The van der Waals surface area contributed by atoms with Gasteiger partial charge in [0.05, 0.1) is 6.10 Å². The number of nitrogens with one attached hydrogen (secondary N) is 1. The van der Waals surface area contributed by atoms with Crippen molar-refractivity contribution < 1.29 is 4.74 Å². The van der Waals surface area contributed by atoms with Crippen LogP contribution in [0.2, 0.25) is 0 Å². The van der Waals surface area contributed by atoms with Crippen LogP contribution >= 0.6 is 0 Å². The molecule has 0 amide bonds. The first kappa shape index (κ1) is 12.3. The minimum Gasteiger partial charge on any atom is -0.377 e. The third-order valence-corrected chi connectivity index (χ3v) is 3.88. The quantitative estimate of drug-likeness (QED) is 0.730. The summed E-state index contributed by atoms with van der Waals surface area (Å²) < 4.78 is 5.70. The minimum atomic E-state index is 0.423. The molecular formula is C13H26N2O. The smallest absolute Gasteiger partial charge is 0.0703 e. The Morgan fingerprint density at radius 3 is 2.19 bits per heavy atom. The van der Waals surface area contributed by atoms with E-state index < -0.39 is 0 Å². The zero-order valence-corrected chi connectivity index (χ0v) is 10.9. The predicted molar refractivity (Wildman–Crippen MR) is 66.6 cm³/mol. The maximum absolute atomic E-state index is 5.70. The van der Waals surface area contributed by atoms with E-state index in [1.165, 1.54) is 19.5 Å². The molecule has 2 aliphatic rings. The standard InChI is InChI=1S/C13H26N2O/c1-10-6-14-7-11(2)9-15(8-10)13-4-5-16-12(13)3/h10-14H,4-9H2,1-3H3. The van der Waals surface area contributed by atoms with E-state index in [0.29, 0.717) is 12.1 Å². The monoisotopic (exact) mass is 226 g/mol. The average molecular weight is 226 g/mol. The second-order valence-electron chi connectivity index (χ2n) is 5.75. The molecule has 0 aromatic heterocycles. The minimum absolute atomic E-state index is 0.423. The Labute approximate surface area is 99.5 Å². The average Bonchev–Trinajstić information content (AvgIpc) is 2.61. The van der Waals surface area contributed by atoms with Gasteiger partial charge in [0.25, 0.3) is 0 Å². The molecule has 0 aromatic rings. The molecule has 2 rings (SSSR count). The molecule has 2 aliphatic heterocycles. The number of ether oxygens (including phenoxy) is 1. The molecule has 0 saturated carbocycles. The van der Waals surface area contributed by atoms with Gasteiger partial charge >= 0.3 is 0 Å². The molecule has 2 heterocycles. The lowest BCUT2D eigenvalue weighted by Gasteiger charge is -2.37. The first-order chi connectivity index (χ1) is 7.66. The van der Waals surface area contributed by atoms with E-state index in [-0.39, 0.29) is 0 Å². The Morgan fingerprint density at radius 1 is 1.06 bits per heavy atom. The summed E-state index contributed by atoms with van der Waals surface area (Å²) in [5.74, 6) is 1.50. The van der Waals surface area contributed by atoms with Crippen molar-refractivity contribution in [3.05, 3.63) is 0 Å². The molecule has 4 unspecified atom stereocenters. The third-order valence-electron chi connectivity index (χ3n) is 3.88. The highest BCUT2D eigenvalue weighted by Crippen LogP contribution is 2.22. The highest BCUT2D eigenvalue weighted by molar-refractivity contribution is 4.85. The van der Waals surface area contributed by atoms with Crippen molar-refractivity contribution in [3.63, 3.8) is 0 Å². The van der Waals surface area contributed by atoms with Crippen LogP contribution in [0.5, 0.6) is 0 Å². The Kier molecular flexibility index (Phi) is 4.22. The van der Waals surface area contributed by atoms with E-state index in [1.54, 1.807) is 0 Å². The Morgan fingerprint density at radius 2 is 1.69 bits per heavy atom. The second kappa shape index (κ2) is 5.48. The Bertz CT molecular complexity index is 210. The van der Waals surface area contributed by atoms with E-state index in [4.69, 9.17) is 4.74 Å². The summed E-state index contributed by atoms with van der Waals surface area (Å²) in [6.07, 6.45) is 1.64. The lowest BCUT2D eigenvalue weighted by molar-refractivity contribution is 0.0573. The zero-order valence-electron chi connectivity index (χ0n) is 10.9. The molecule has 0 aromatic carbocycles. The number of nitrogens with zero attached hydrogens (tertiary/aromatic N) is 1. The molecule has 3 nitrogen and oxygen atoms in total. The van der Waals surface area contributed by atoms with Crippen LogP contribution in [0, 0.1) is 11.8 Å². The summed E-state index contributed by atoms with van der Waals surface area (Å²) in [5.41, 5.74) is 0. The highest BCUT2D eigenvalue weighted by Gasteiger charge is 2.31. The molecule has 0 radical (unpaired) electrons. The van der Waals surface area contributed by atoms with Crippen molar-refractivity contribution in [1.29, 1.82) is 0 Å². The van der Waals surface area contributed by atoms with Crippen LogP contribution < -0.4 is 5.32 Å². The topological polar surface area (TPSA) is 24.5 Å². The van der Waals surface area contributed by atoms with Gasteiger partial charge in [0.1, 0.15) is 0 Å². The van der Waals surface area contributed by atoms with E-state index in [1.807, 2.05) is 0 Å². The van der Waals surface area contributed by atoms with Crippen LogP contribution in [-0.2, 0) is 4.74 Å². The van der Waals surface area contributed by atoms with Gasteiger partial charge in [-0.25, -0.2) is 0 Å². The van der Waals surface area contributed by atoms with E-state index in [0.717, 1.165) is 31.5 Å². The van der Waals surface area contributed by atoms with Crippen LogP contribution in [0.1, 0.15) is 27.2 Å². The Balaban J connectivity index is 1.98. The van der Waals surface area contributed by atoms with Gasteiger partial charge in [-0.1, -0.05) is 13.8 Å². The van der Waals surface area contributed by atoms with Crippen molar-refractivity contribution >= 4 is 0 Å². The van der Waals surface area contributed by atoms with Crippen molar-refractivity contribution in [2.75, 3.05) is 32.8 Å². The second-order valence-corrected chi connectivity index (χ2v) is 5.75. The number of hydrogen-bond acceptors (Lipinski definition) is 3. The van der Waals surface area contributed by atoms with Crippen LogP contribution in [-0.4, -0.2) is 49.8 Å². The largest absolute Gasteiger partial charge is 0.377 e. The van der Waals surface area contributed by atoms with Crippen LogP contribution in [0.3, 0.4) is 0 Å². The van der Waals surface area contributed by atoms with Crippen LogP contribution in [0.4, 0.5) is 0 Å². The molecule has 0 aliphatic carbocycles.